The Morgan fingerprint density at radius 2 is 2.41 bits per heavy atom. The Hall–Kier alpha value is -1.27. The van der Waals surface area contributed by atoms with E-state index in [1.165, 1.54) is 0 Å². The van der Waals surface area contributed by atoms with Gasteiger partial charge in [0, 0.05) is 16.7 Å². The molecule has 6 heteroatoms. The lowest BCUT2D eigenvalue weighted by Gasteiger charge is -2.30. The summed E-state index contributed by atoms with van der Waals surface area (Å²) in [7, 11) is 1.58. The highest BCUT2D eigenvalue weighted by molar-refractivity contribution is 8.01. The summed E-state index contributed by atoms with van der Waals surface area (Å²) in [6.45, 7) is -0.112. The third kappa shape index (κ3) is 2.53. The van der Waals surface area contributed by atoms with E-state index in [-0.39, 0.29) is 6.54 Å². The van der Waals surface area contributed by atoms with E-state index in [0.717, 1.165) is 10.6 Å². The predicted molar refractivity (Wildman–Crippen MR) is 71.3 cm³/mol. The standard InChI is InChI=1S/C11H11NO3S2/c1-15-7-2-3-9-8(4-7)12(5-11(13)14)10(16)6-17-9/h2-4H,5-6H2,1H3,(H,13,14). The van der Waals surface area contributed by atoms with Gasteiger partial charge in [0.2, 0.25) is 0 Å². The predicted octanol–water partition coefficient (Wildman–Crippen LogP) is 2.02. The summed E-state index contributed by atoms with van der Waals surface area (Å²) < 4.78 is 5.14. The maximum absolute atomic E-state index is 10.8. The van der Waals surface area contributed by atoms with Crippen LogP contribution in [-0.2, 0) is 4.79 Å². The maximum atomic E-state index is 10.8. The number of ether oxygens (including phenoxy) is 1. The van der Waals surface area contributed by atoms with Crippen molar-refractivity contribution in [2.75, 3.05) is 24.3 Å². The molecule has 90 valence electrons. The molecular formula is C11H11NO3S2. The Morgan fingerprint density at radius 3 is 3.06 bits per heavy atom. The first-order chi connectivity index (χ1) is 8.11. The second-order valence-corrected chi connectivity index (χ2v) is 4.98. The lowest BCUT2D eigenvalue weighted by molar-refractivity contribution is -0.135. The SMILES string of the molecule is COc1ccc2c(c1)N(CC(=O)O)C(=S)CS2. The van der Waals surface area contributed by atoms with Gasteiger partial charge in [-0.2, -0.15) is 0 Å². The van der Waals surface area contributed by atoms with Gasteiger partial charge in [0.05, 0.1) is 17.8 Å². The second kappa shape index (κ2) is 4.93. The number of carboxylic acids is 1. The molecular weight excluding hydrogens is 258 g/mol. The topological polar surface area (TPSA) is 49.8 Å². The Morgan fingerprint density at radius 1 is 1.65 bits per heavy atom. The van der Waals surface area contributed by atoms with E-state index >= 15 is 0 Å². The third-order valence-electron chi connectivity index (χ3n) is 2.40. The van der Waals surface area contributed by atoms with Crippen LogP contribution in [0.2, 0.25) is 0 Å². The minimum absolute atomic E-state index is 0.112. The molecule has 0 fully saturated rings. The van der Waals surface area contributed by atoms with Crippen molar-refractivity contribution in [1.29, 1.82) is 0 Å². The molecule has 1 aromatic carbocycles. The number of aliphatic carboxylic acids is 1. The number of carbonyl (C=O) groups is 1. The van der Waals surface area contributed by atoms with Crippen LogP contribution in [0.3, 0.4) is 0 Å². The number of benzene rings is 1. The number of anilines is 1. The summed E-state index contributed by atoms with van der Waals surface area (Å²) in [6.07, 6.45) is 0. The van der Waals surface area contributed by atoms with E-state index in [1.807, 2.05) is 18.2 Å². The van der Waals surface area contributed by atoms with Crippen molar-refractivity contribution >= 4 is 40.6 Å². The number of thiocarbonyl (C=S) groups is 1. The molecule has 1 aromatic rings. The average Bonchev–Trinajstić information content (AvgIpc) is 2.32. The van der Waals surface area contributed by atoms with Gasteiger partial charge in [0.15, 0.2) is 0 Å². The molecule has 0 atom stereocenters. The van der Waals surface area contributed by atoms with Gasteiger partial charge >= 0.3 is 5.97 Å². The summed E-state index contributed by atoms with van der Waals surface area (Å²) in [5.74, 6) is 0.444. The Labute approximate surface area is 109 Å². The summed E-state index contributed by atoms with van der Waals surface area (Å²) in [5.41, 5.74) is 0.813. The highest BCUT2D eigenvalue weighted by atomic mass is 32.2. The molecule has 0 saturated heterocycles. The van der Waals surface area contributed by atoms with E-state index in [0.29, 0.717) is 16.5 Å². The van der Waals surface area contributed by atoms with E-state index < -0.39 is 5.97 Å². The smallest absolute Gasteiger partial charge is 0.323 e. The monoisotopic (exact) mass is 269 g/mol. The highest BCUT2D eigenvalue weighted by Gasteiger charge is 2.24. The number of hydrogen-bond acceptors (Lipinski definition) is 4. The molecule has 0 unspecified atom stereocenters. The van der Waals surface area contributed by atoms with Crippen LogP contribution in [0.15, 0.2) is 23.1 Å². The Balaban J connectivity index is 2.41. The Bertz CT molecular complexity index is 476. The van der Waals surface area contributed by atoms with Gasteiger partial charge in [-0.25, -0.2) is 0 Å². The molecule has 1 heterocycles. The molecule has 4 nitrogen and oxygen atoms in total. The molecule has 2 rings (SSSR count). The van der Waals surface area contributed by atoms with Crippen molar-refractivity contribution in [1.82, 2.24) is 0 Å². The van der Waals surface area contributed by atoms with Crippen molar-refractivity contribution in [2.45, 2.75) is 4.90 Å². The van der Waals surface area contributed by atoms with E-state index in [2.05, 4.69) is 0 Å². The third-order valence-corrected chi connectivity index (χ3v) is 4.02. The fourth-order valence-corrected chi connectivity index (χ4v) is 2.87. The van der Waals surface area contributed by atoms with E-state index in [1.54, 1.807) is 23.8 Å². The molecule has 17 heavy (non-hydrogen) atoms. The van der Waals surface area contributed by atoms with Crippen LogP contribution in [-0.4, -0.2) is 35.5 Å². The van der Waals surface area contributed by atoms with Gasteiger partial charge in [-0.15, -0.1) is 11.8 Å². The van der Waals surface area contributed by atoms with Crippen molar-refractivity contribution in [3.8, 4) is 5.75 Å². The van der Waals surface area contributed by atoms with Gasteiger partial charge in [-0.3, -0.25) is 4.79 Å². The van der Waals surface area contributed by atoms with Crippen LogP contribution in [0, 0.1) is 0 Å². The number of thioether (sulfide) groups is 1. The molecule has 0 saturated carbocycles. The summed E-state index contributed by atoms with van der Waals surface area (Å²) in [5, 5.41) is 8.90. The molecule has 0 aliphatic carbocycles. The summed E-state index contributed by atoms with van der Waals surface area (Å²) in [4.78, 5) is 14.1. The molecule has 1 N–H and O–H groups in total. The minimum Gasteiger partial charge on any atom is -0.497 e. The first-order valence-electron chi connectivity index (χ1n) is 4.95. The van der Waals surface area contributed by atoms with Gasteiger partial charge in [-0.05, 0) is 12.1 Å². The zero-order valence-electron chi connectivity index (χ0n) is 9.17. The largest absolute Gasteiger partial charge is 0.497 e. The number of hydrogen-bond donors (Lipinski definition) is 1. The minimum atomic E-state index is -0.895. The van der Waals surface area contributed by atoms with Crippen molar-refractivity contribution < 1.29 is 14.6 Å². The van der Waals surface area contributed by atoms with Gasteiger partial charge < -0.3 is 14.7 Å². The number of rotatable bonds is 3. The molecule has 0 aromatic heterocycles. The Kier molecular flexibility index (Phi) is 3.54. The number of carboxylic acid groups (broad SMARTS) is 1. The normalized spacial score (nSPS) is 14.4. The fraction of sp³-hybridized carbons (Fsp3) is 0.273. The second-order valence-electron chi connectivity index (χ2n) is 3.50. The first kappa shape index (κ1) is 12.2. The quantitative estimate of drug-likeness (QED) is 0.847. The van der Waals surface area contributed by atoms with Crippen molar-refractivity contribution in [3.63, 3.8) is 0 Å². The van der Waals surface area contributed by atoms with Crippen LogP contribution in [0.25, 0.3) is 0 Å². The molecule has 0 spiro atoms. The summed E-state index contributed by atoms with van der Waals surface area (Å²) in [6, 6.07) is 5.60. The maximum Gasteiger partial charge on any atom is 0.323 e. The zero-order valence-corrected chi connectivity index (χ0v) is 10.8. The average molecular weight is 269 g/mol. The van der Waals surface area contributed by atoms with Crippen LogP contribution in [0.1, 0.15) is 0 Å². The molecule has 0 bridgehead atoms. The summed E-state index contributed by atoms with van der Waals surface area (Å²) >= 11 is 6.82. The lowest BCUT2D eigenvalue weighted by atomic mass is 10.2. The van der Waals surface area contributed by atoms with Crippen LogP contribution >= 0.6 is 24.0 Å². The van der Waals surface area contributed by atoms with Crippen LogP contribution in [0.5, 0.6) is 5.75 Å². The number of methoxy groups -OCH3 is 1. The van der Waals surface area contributed by atoms with Crippen molar-refractivity contribution in [3.05, 3.63) is 18.2 Å². The van der Waals surface area contributed by atoms with Gasteiger partial charge in [0.25, 0.3) is 0 Å². The van der Waals surface area contributed by atoms with Gasteiger partial charge in [0.1, 0.15) is 12.3 Å². The zero-order chi connectivity index (χ0) is 12.4. The molecule has 0 radical (unpaired) electrons. The lowest BCUT2D eigenvalue weighted by Crippen LogP contribution is -2.38. The van der Waals surface area contributed by atoms with E-state index in [9.17, 15) is 4.79 Å². The number of fused-ring (bicyclic) bond motifs is 1. The molecule has 0 amide bonds. The highest BCUT2D eigenvalue weighted by Crippen LogP contribution is 2.37. The number of nitrogens with zero attached hydrogens (tertiary/aromatic N) is 1. The molecule has 1 aliphatic heterocycles. The first-order valence-corrected chi connectivity index (χ1v) is 6.34. The van der Waals surface area contributed by atoms with E-state index in [4.69, 9.17) is 22.1 Å². The molecule has 1 aliphatic rings. The fourth-order valence-electron chi connectivity index (χ4n) is 1.62. The van der Waals surface area contributed by atoms with Crippen LogP contribution in [0.4, 0.5) is 5.69 Å². The van der Waals surface area contributed by atoms with Crippen molar-refractivity contribution in [2.24, 2.45) is 0 Å². The van der Waals surface area contributed by atoms with Crippen LogP contribution < -0.4 is 9.64 Å². The van der Waals surface area contributed by atoms with Gasteiger partial charge in [-0.1, -0.05) is 12.2 Å².